The summed E-state index contributed by atoms with van der Waals surface area (Å²) in [6.07, 6.45) is 13.1. The van der Waals surface area contributed by atoms with Gasteiger partial charge in [0.15, 0.2) is 0 Å². The predicted molar refractivity (Wildman–Crippen MR) is 225 cm³/mol. The lowest BCUT2D eigenvalue weighted by atomic mass is 9.70. The van der Waals surface area contributed by atoms with Crippen LogP contribution in [0.2, 0.25) is 0 Å². The van der Waals surface area contributed by atoms with Gasteiger partial charge >= 0.3 is 0 Å². The highest BCUT2D eigenvalue weighted by atomic mass is 32.1. The van der Waals surface area contributed by atoms with Crippen LogP contribution < -0.4 is 10.4 Å². The Hall–Kier alpha value is -6.35. The highest BCUT2D eigenvalue weighted by Crippen LogP contribution is 2.47. The maximum absolute atomic E-state index is 4.49. The van der Waals surface area contributed by atoms with Crippen molar-refractivity contribution in [2.45, 2.75) is 0 Å². The number of benzene rings is 7. The van der Waals surface area contributed by atoms with Crippen LogP contribution in [0.15, 0.2) is 188 Å². The van der Waals surface area contributed by atoms with Gasteiger partial charge in [0.25, 0.3) is 0 Å². The van der Waals surface area contributed by atoms with Gasteiger partial charge < -0.3 is 0 Å². The first-order valence-electron chi connectivity index (χ1n) is 18.4. The van der Waals surface area contributed by atoms with Gasteiger partial charge in [0.05, 0.1) is 0 Å². The van der Waals surface area contributed by atoms with Crippen LogP contribution >= 0.6 is 11.3 Å². The first-order valence-corrected chi connectivity index (χ1v) is 19.2. The Bertz CT molecular complexity index is 3060. The maximum atomic E-state index is 4.49. The summed E-state index contributed by atoms with van der Waals surface area (Å²) < 4.78 is 2.67. The van der Waals surface area contributed by atoms with Gasteiger partial charge in [0, 0.05) is 50.0 Å². The Morgan fingerprint density at radius 1 is 0.434 bits per heavy atom. The van der Waals surface area contributed by atoms with E-state index in [4.69, 9.17) is 0 Å². The van der Waals surface area contributed by atoms with Crippen LogP contribution in [0, 0.1) is 11.8 Å². The van der Waals surface area contributed by atoms with E-state index in [1.54, 1.807) is 0 Å². The second-order valence-electron chi connectivity index (χ2n) is 14.1. The summed E-state index contributed by atoms with van der Waals surface area (Å²) in [4.78, 5) is 4.49. The number of thiophene rings is 1. The van der Waals surface area contributed by atoms with E-state index in [9.17, 15) is 0 Å². The van der Waals surface area contributed by atoms with Crippen molar-refractivity contribution >= 4 is 64.2 Å². The van der Waals surface area contributed by atoms with Crippen LogP contribution in [-0.2, 0) is 0 Å². The van der Waals surface area contributed by atoms with E-state index in [-0.39, 0.29) is 11.8 Å². The van der Waals surface area contributed by atoms with Crippen molar-refractivity contribution in [2.75, 3.05) is 0 Å². The van der Waals surface area contributed by atoms with Gasteiger partial charge in [0.2, 0.25) is 0 Å². The van der Waals surface area contributed by atoms with Gasteiger partial charge in [-0.15, -0.1) is 11.3 Å². The SMILES string of the molecule is C1=CC2C(c3ccccc3)=c3ccccc3=C(c3cccc4c3sc3cc(-c5c6ccccc6c(-c6cccnc6)c6ccccc56)ccc34)C2C=C1. The third-order valence-corrected chi connectivity index (χ3v) is 12.6. The highest BCUT2D eigenvalue weighted by Gasteiger charge is 2.32. The molecule has 2 unspecified atom stereocenters. The molecular weight excluding hydrogens is 659 g/mol. The van der Waals surface area contributed by atoms with Crippen LogP contribution in [0.3, 0.4) is 0 Å². The first-order chi connectivity index (χ1) is 26.3. The van der Waals surface area contributed by atoms with Gasteiger partial charge in [-0.25, -0.2) is 0 Å². The normalized spacial score (nSPS) is 16.5. The van der Waals surface area contributed by atoms with Crippen molar-refractivity contribution in [3.8, 4) is 22.3 Å². The minimum absolute atomic E-state index is 0.243. The van der Waals surface area contributed by atoms with Crippen molar-refractivity contribution in [2.24, 2.45) is 11.8 Å². The van der Waals surface area contributed by atoms with Crippen molar-refractivity contribution < 1.29 is 0 Å². The molecule has 2 aliphatic rings. The zero-order valence-electron chi connectivity index (χ0n) is 28.9. The fourth-order valence-electron chi connectivity index (χ4n) is 9.19. The zero-order valence-corrected chi connectivity index (χ0v) is 29.7. The van der Waals surface area contributed by atoms with Gasteiger partial charge in [-0.05, 0) is 83.1 Å². The number of allylic oxidation sites excluding steroid dienone is 4. The molecule has 2 atom stereocenters. The zero-order chi connectivity index (χ0) is 34.9. The van der Waals surface area contributed by atoms with E-state index >= 15 is 0 Å². The average Bonchev–Trinajstić information content (AvgIpc) is 3.61. The van der Waals surface area contributed by atoms with E-state index in [0.717, 1.165) is 5.56 Å². The van der Waals surface area contributed by atoms with Gasteiger partial charge in [-0.1, -0.05) is 164 Å². The van der Waals surface area contributed by atoms with Crippen molar-refractivity contribution in [1.82, 2.24) is 4.98 Å². The number of pyridine rings is 1. The Morgan fingerprint density at radius 3 is 1.70 bits per heavy atom. The van der Waals surface area contributed by atoms with Crippen LogP contribution in [0.25, 0.3) is 75.1 Å². The monoisotopic (exact) mass is 691 g/mol. The average molecular weight is 692 g/mol. The predicted octanol–water partition coefficient (Wildman–Crippen LogP) is 11.9. The third-order valence-electron chi connectivity index (χ3n) is 11.4. The van der Waals surface area contributed by atoms with E-state index in [0.29, 0.717) is 0 Å². The molecule has 0 spiro atoms. The van der Waals surface area contributed by atoms with E-state index in [2.05, 4.69) is 175 Å². The Morgan fingerprint density at radius 2 is 1.02 bits per heavy atom. The van der Waals surface area contributed by atoms with Crippen LogP contribution in [-0.4, -0.2) is 4.98 Å². The van der Waals surface area contributed by atoms with E-state index in [1.165, 1.54) is 91.1 Å². The Kier molecular flexibility index (Phi) is 6.93. The summed E-state index contributed by atoms with van der Waals surface area (Å²) in [5.41, 5.74) is 10.4. The summed E-state index contributed by atoms with van der Waals surface area (Å²) in [6.45, 7) is 0. The molecule has 9 aromatic rings. The molecule has 2 aliphatic carbocycles. The molecule has 2 aromatic heterocycles. The quantitative estimate of drug-likeness (QED) is 0.167. The van der Waals surface area contributed by atoms with Crippen molar-refractivity contribution in [3.63, 3.8) is 0 Å². The molecule has 0 bridgehead atoms. The number of nitrogens with zero attached hydrogens (tertiary/aromatic N) is 1. The van der Waals surface area contributed by atoms with Crippen molar-refractivity contribution in [1.29, 1.82) is 0 Å². The molecule has 7 aromatic carbocycles. The second-order valence-corrected chi connectivity index (χ2v) is 15.2. The van der Waals surface area contributed by atoms with E-state index in [1.807, 2.05) is 29.8 Å². The molecule has 0 saturated carbocycles. The lowest BCUT2D eigenvalue weighted by Crippen LogP contribution is -2.40. The molecule has 0 amide bonds. The molecule has 0 radical (unpaired) electrons. The summed E-state index contributed by atoms with van der Waals surface area (Å²) in [5, 5.41) is 10.3. The summed E-state index contributed by atoms with van der Waals surface area (Å²) in [6, 6.07) is 56.0. The van der Waals surface area contributed by atoms with Gasteiger partial charge in [0.1, 0.15) is 0 Å². The van der Waals surface area contributed by atoms with Crippen LogP contribution in [0.5, 0.6) is 0 Å². The third kappa shape index (κ3) is 4.66. The maximum Gasteiger partial charge on any atom is 0.0431 e. The minimum Gasteiger partial charge on any atom is -0.264 e. The first kappa shape index (κ1) is 30.3. The molecule has 53 heavy (non-hydrogen) atoms. The summed E-state index contributed by atoms with van der Waals surface area (Å²) >= 11 is 1.93. The Labute approximate surface area is 311 Å². The van der Waals surface area contributed by atoms with Crippen LogP contribution in [0.4, 0.5) is 0 Å². The molecule has 0 aliphatic heterocycles. The molecule has 2 heteroatoms. The highest BCUT2D eigenvalue weighted by molar-refractivity contribution is 7.26. The number of aromatic nitrogens is 1. The topological polar surface area (TPSA) is 12.9 Å². The smallest absolute Gasteiger partial charge is 0.0431 e. The molecular formula is C51H33NS. The molecule has 0 saturated heterocycles. The molecule has 2 heterocycles. The molecule has 11 rings (SSSR count). The van der Waals surface area contributed by atoms with Crippen molar-refractivity contribution in [3.05, 3.63) is 210 Å². The molecule has 0 fully saturated rings. The largest absolute Gasteiger partial charge is 0.264 e. The number of fused-ring (bicyclic) bond motifs is 7. The number of hydrogen-bond donors (Lipinski definition) is 0. The fraction of sp³-hybridized carbons (Fsp3) is 0.0392. The molecule has 1 nitrogen and oxygen atoms in total. The minimum atomic E-state index is 0.243. The lowest BCUT2D eigenvalue weighted by molar-refractivity contribution is 0.687. The lowest BCUT2D eigenvalue weighted by Gasteiger charge is -2.33. The summed E-state index contributed by atoms with van der Waals surface area (Å²) in [5.74, 6) is 0.507. The van der Waals surface area contributed by atoms with Gasteiger partial charge in [-0.2, -0.15) is 0 Å². The fourth-order valence-corrected chi connectivity index (χ4v) is 10.5. The second kappa shape index (κ2) is 12.1. The molecule has 0 N–H and O–H groups in total. The molecule has 248 valence electrons. The van der Waals surface area contributed by atoms with Gasteiger partial charge in [-0.3, -0.25) is 4.98 Å². The summed E-state index contributed by atoms with van der Waals surface area (Å²) in [7, 11) is 0. The Balaban J connectivity index is 1.17. The van der Waals surface area contributed by atoms with Crippen LogP contribution in [0.1, 0.15) is 11.1 Å². The van der Waals surface area contributed by atoms with E-state index < -0.39 is 0 Å². The standard InChI is InChI=1S/C51H33NS/c1-2-14-32(15-3-1)47-40-21-8-10-23-42(40)50(43-24-11-9-22-41(43)47)45-26-12-25-44-35-28-27-33(30-46(35)53-51(44)45)48-36-17-4-6-19-38(36)49(34-16-13-29-52-31-34)39-20-7-5-18-37(39)48/h1-31,40,42H. The number of hydrogen-bond acceptors (Lipinski definition) is 2. The number of rotatable bonds is 4.